The summed E-state index contributed by atoms with van der Waals surface area (Å²) in [5.74, 6) is 0.371. The van der Waals surface area contributed by atoms with Gasteiger partial charge in [-0.15, -0.1) is 11.3 Å². The molecule has 2 N–H and O–H groups in total. The predicted octanol–water partition coefficient (Wildman–Crippen LogP) is 3.96. The van der Waals surface area contributed by atoms with Crippen LogP contribution in [0.3, 0.4) is 0 Å². The predicted molar refractivity (Wildman–Crippen MR) is 74.4 cm³/mol. The van der Waals surface area contributed by atoms with Gasteiger partial charge in [-0.25, -0.2) is 0 Å². The molecule has 3 aromatic rings. The lowest BCUT2D eigenvalue weighted by atomic mass is 10.0. The minimum atomic E-state index is 0.371. The number of anilines is 1. The summed E-state index contributed by atoms with van der Waals surface area (Å²) in [5.41, 5.74) is 9.81. The minimum absolute atomic E-state index is 0.371. The second-order valence-electron chi connectivity index (χ2n) is 4.06. The van der Waals surface area contributed by atoms with E-state index in [4.69, 9.17) is 10.3 Å². The van der Waals surface area contributed by atoms with Crippen molar-refractivity contribution >= 4 is 17.2 Å². The minimum Gasteiger partial charge on any atom is -0.367 e. The Morgan fingerprint density at radius 2 is 2.00 bits per heavy atom. The molecule has 0 unspecified atom stereocenters. The third-order valence-corrected chi connectivity index (χ3v) is 3.77. The van der Waals surface area contributed by atoms with Gasteiger partial charge in [0.2, 0.25) is 5.88 Å². The monoisotopic (exact) mass is 256 g/mol. The lowest BCUT2D eigenvalue weighted by molar-refractivity contribution is 0.439. The van der Waals surface area contributed by atoms with E-state index in [0.717, 1.165) is 27.3 Å². The van der Waals surface area contributed by atoms with E-state index in [9.17, 15) is 0 Å². The van der Waals surface area contributed by atoms with Gasteiger partial charge < -0.3 is 10.3 Å². The smallest absolute Gasteiger partial charge is 0.231 e. The number of aromatic nitrogens is 1. The molecule has 0 fully saturated rings. The topological polar surface area (TPSA) is 52.0 Å². The van der Waals surface area contributed by atoms with Crippen LogP contribution in [-0.4, -0.2) is 5.16 Å². The van der Waals surface area contributed by atoms with E-state index < -0.39 is 0 Å². The Balaban J connectivity index is 2.23. The quantitative estimate of drug-likeness (QED) is 0.755. The van der Waals surface area contributed by atoms with Crippen molar-refractivity contribution in [3.05, 3.63) is 47.3 Å². The Kier molecular flexibility index (Phi) is 2.64. The Labute approximate surface area is 109 Å². The van der Waals surface area contributed by atoms with Crippen LogP contribution in [0, 0.1) is 6.92 Å². The van der Waals surface area contributed by atoms with Crippen molar-refractivity contribution in [2.45, 2.75) is 6.92 Å². The summed E-state index contributed by atoms with van der Waals surface area (Å²) in [7, 11) is 0. The van der Waals surface area contributed by atoms with Crippen LogP contribution in [0.25, 0.3) is 21.7 Å². The van der Waals surface area contributed by atoms with Crippen molar-refractivity contribution in [3.8, 4) is 21.7 Å². The number of benzene rings is 1. The molecule has 0 aliphatic carbocycles. The Hall–Kier alpha value is -2.07. The lowest BCUT2D eigenvalue weighted by Crippen LogP contribution is -1.87. The van der Waals surface area contributed by atoms with Crippen molar-refractivity contribution in [1.82, 2.24) is 5.16 Å². The molecule has 0 radical (unpaired) electrons. The number of thiophene rings is 1. The number of hydrogen-bond acceptors (Lipinski definition) is 4. The average Bonchev–Trinajstić information content (AvgIpc) is 2.98. The fourth-order valence-corrected chi connectivity index (χ4v) is 2.76. The maximum absolute atomic E-state index is 5.90. The van der Waals surface area contributed by atoms with E-state index in [1.807, 2.05) is 35.7 Å². The maximum Gasteiger partial charge on any atom is 0.231 e. The highest BCUT2D eigenvalue weighted by molar-refractivity contribution is 7.13. The number of aryl methyl sites for hydroxylation is 1. The van der Waals surface area contributed by atoms with Crippen LogP contribution in [0.1, 0.15) is 5.56 Å². The van der Waals surface area contributed by atoms with E-state index in [1.165, 1.54) is 0 Å². The lowest BCUT2D eigenvalue weighted by Gasteiger charge is -2.03. The third-order valence-electron chi connectivity index (χ3n) is 2.89. The molecule has 2 heterocycles. The molecular formula is C14H12N2OS. The maximum atomic E-state index is 5.90. The van der Waals surface area contributed by atoms with E-state index in [1.54, 1.807) is 11.3 Å². The normalized spacial score (nSPS) is 10.7. The van der Waals surface area contributed by atoms with Crippen molar-refractivity contribution in [2.75, 3.05) is 5.73 Å². The van der Waals surface area contributed by atoms with Gasteiger partial charge in [-0.3, -0.25) is 0 Å². The highest BCUT2D eigenvalue weighted by atomic mass is 32.1. The van der Waals surface area contributed by atoms with Crippen molar-refractivity contribution in [3.63, 3.8) is 0 Å². The molecule has 3 rings (SSSR count). The summed E-state index contributed by atoms with van der Waals surface area (Å²) in [6, 6.07) is 12.1. The Morgan fingerprint density at radius 3 is 2.72 bits per heavy atom. The largest absolute Gasteiger partial charge is 0.367 e. The second kappa shape index (κ2) is 4.31. The summed E-state index contributed by atoms with van der Waals surface area (Å²) in [6.07, 6.45) is 0. The second-order valence-corrected chi connectivity index (χ2v) is 5.01. The van der Waals surface area contributed by atoms with Crippen molar-refractivity contribution < 1.29 is 4.52 Å². The van der Waals surface area contributed by atoms with Gasteiger partial charge in [0.1, 0.15) is 5.69 Å². The zero-order valence-corrected chi connectivity index (χ0v) is 10.7. The average molecular weight is 256 g/mol. The molecular weight excluding hydrogens is 244 g/mol. The highest BCUT2D eigenvalue weighted by Crippen LogP contribution is 2.39. The first-order valence-electron chi connectivity index (χ1n) is 5.62. The van der Waals surface area contributed by atoms with E-state index >= 15 is 0 Å². The van der Waals surface area contributed by atoms with Gasteiger partial charge in [0, 0.05) is 10.4 Å². The molecule has 2 aromatic heterocycles. The number of nitrogen functional groups attached to an aromatic ring is 1. The molecule has 0 saturated carbocycles. The van der Waals surface area contributed by atoms with Crippen LogP contribution in [0.2, 0.25) is 0 Å². The summed E-state index contributed by atoms with van der Waals surface area (Å²) in [6.45, 7) is 2.05. The van der Waals surface area contributed by atoms with Gasteiger partial charge in [-0.05, 0) is 23.9 Å². The zero-order valence-electron chi connectivity index (χ0n) is 9.88. The first kappa shape index (κ1) is 11.0. The number of rotatable bonds is 2. The van der Waals surface area contributed by atoms with Crippen LogP contribution in [0.4, 0.5) is 5.88 Å². The molecule has 0 spiro atoms. The molecule has 0 saturated heterocycles. The molecule has 0 aliphatic rings. The molecule has 4 heteroatoms. The van der Waals surface area contributed by atoms with Crippen LogP contribution >= 0.6 is 11.3 Å². The molecule has 18 heavy (non-hydrogen) atoms. The summed E-state index contributed by atoms with van der Waals surface area (Å²) >= 11 is 1.63. The van der Waals surface area contributed by atoms with Gasteiger partial charge >= 0.3 is 0 Å². The molecule has 0 amide bonds. The van der Waals surface area contributed by atoms with Crippen molar-refractivity contribution in [1.29, 1.82) is 0 Å². The molecule has 90 valence electrons. The first-order valence-corrected chi connectivity index (χ1v) is 6.50. The zero-order chi connectivity index (χ0) is 12.5. The first-order chi connectivity index (χ1) is 8.77. The summed E-state index contributed by atoms with van der Waals surface area (Å²) < 4.78 is 5.16. The summed E-state index contributed by atoms with van der Waals surface area (Å²) in [4.78, 5) is 1.08. The fourth-order valence-electron chi connectivity index (χ4n) is 1.98. The van der Waals surface area contributed by atoms with E-state index in [2.05, 4.69) is 18.1 Å². The highest BCUT2D eigenvalue weighted by Gasteiger charge is 2.18. The van der Waals surface area contributed by atoms with Gasteiger partial charge in [-0.1, -0.05) is 35.5 Å². The van der Waals surface area contributed by atoms with Crippen LogP contribution < -0.4 is 5.73 Å². The van der Waals surface area contributed by atoms with E-state index in [-0.39, 0.29) is 0 Å². The Bertz CT molecular complexity index is 671. The van der Waals surface area contributed by atoms with Crippen molar-refractivity contribution in [2.24, 2.45) is 0 Å². The molecule has 0 bridgehead atoms. The number of nitrogens with two attached hydrogens (primary N) is 1. The summed E-state index contributed by atoms with van der Waals surface area (Å²) in [5, 5.41) is 6.13. The van der Waals surface area contributed by atoms with E-state index in [0.29, 0.717) is 5.88 Å². The standard InChI is InChI=1S/C14H12N2OS/c1-9-5-2-3-6-10(9)13-12(14(15)17-16-13)11-7-4-8-18-11/h2-8H,15H2,1H3. The van der Waals surface area contributed by atoms with Crippen LogP contribution in [-0.2, 0) is 0 Å². The fraction of sp³-hybridized carbons (Fsp3) is 0.0714. The molecule has 3 nitrogen and oxygen atoms in total. The van der Waals surface area contributed by atoms with Crippen LogP contribution in [0.5, 0.6) is 0 Å². The van der Waals surface area contributed by atoms with Gasteiger partial charge in [-0.2, -0.15) is 0 Å². The number of hydrogen-bond donors (Lipinski definition) is 1. The molecule has 0 atom stereocenters. The third kappa shape index (κ3) is 1.71. The van der Waals surface area contributed by atoms with Crippen LogP contribution in [0.15, 0.2) is 46.3 Å². The molecule has 1 aromatic carbocycles. The SMILES string of the molecule is Cc1ccccc1-c1noc(N)c1-c1cccs1. The molecule has 0 aliphatic heterocycles. The Morgan fingerprint density at radius 1 is 1.17 bits per heavy atom. The number of nitrogens with zero attached hydrogens (tertiary/aromatic N) is 1. The van der Waals surface area contributed by atoms with Gasteiger partial charge in [0.25, 0.3) is 0 Å². The van der Waals surface area contributed by atoms with Gasteiger partial charge in [0.05, 0.1) is 5.56 Å². The van der Waals surface area contributed by atoms with Gasteiger partial charge in [0.15, 0.2) is 0 Å².